The largest absolute Gasteiger partial charge is 0.396 e. The fraction of sp³-hybridized carbons (Fsp3) is 0.562. The van der Waals surface area contributed by atoms with E-state index in [0.29, 0.717) is 5.92 Å². The first kappa shape index (κ1) is 13.4. The summed E-state index contributed by atoms with van der Waals surface area (Å²) < 4.78 is 0. The van der Waals surface area contributed by atoms with E-state index in [0.717, 1.165) is 44.5 Å². The zero-order valence-corrected chi connectivity index (χ0v) is 11.7. The Balaban J connectivity index is 1.63. The summed E-state index contributed by atoms with van der Waals surface area (Å²) in [6.07, 6.45) is 3.77. The maximum atomic E-state index is 12.6. The van der Waals surface area contributed by atoms with E-state index in [4.69, 9.17) is 5.11 Å². The van der Waals surface area contributed by atoms with Crippen molar-refractivity contribution in [1.82, 2.24) is 4.90 Å². The van der Waals surface area contributed by atoms with Crippen LogP contribution in [-0.2, 0) is 11.2 Å². The molecule has 1 saturated heterocycles. The molecule has 2 atom stereocenters. The van der Waals surface area contributed by atoms with E-state index in [1.54, 1.807) is 0 Å². The van der Waals surface area contributed by atoms with Crippen molar-refractivity contribution in [1.29, 1.82) is 0 Å². The van der Waals surface area contributed by atoms with Gasteiger partial charge < -0.3 is 15.3 Å². The minimum atomic E-state index is -0.111. The third-order valence-corrected chi connectivity index (χ3v) is 4.44. The van der Waals surface area contributed by atoms with E-state index < -0.39 is 0 Å². The molecule has 4 nitrogen and oxygen atoms in total. The van der Waals surface area contributed by atoms with Crippen molar-refractivity contribution < 1.29 is 9.90 Å². The lowest BCUT2D eigenvalue weighted by atomic mass is 9.94. The van der Waals surface area contributed by atoms with Crippen molar-refractivity contribution in [3.05, 3.63) is 29.8 Å². The number of nitrogens with one attached hydrogen (secondary N) is 1. The summed E-state index contributed by atoms with van der Waals surface area (Å²) in [5, 5.41) is 12.4. The molecule has 3 rings (SSSR count). The number of hydrogen-bond acceptors (Lipinski definition) is 3. The zero-order chi connectivity index (χ0) is 13.9. The summed E-state index contributed by atoms with van der Waals surface area (Å²) in [6, 6.07) is 8.02. The summed E-state index contributed by atoms with van der Waals surface area (Å²) in [6.45, 7) is 1.88. The summed E-state index contributed by atoms with van der Waals surface area (Å²) in [5.41, 5.74) is 2.32. The van der Waals surface area contributed by atoms with Crippen LogP contribution in [0.1, 0.15) is 24.8 Å². The number of carbonyl (C=O) groups is 1. The Morgan fingerprint density at radius 2 is 2.25 bits per heavy atom. The number of anilines is 1. The quantitative estimate of drug-likeness (QED) is 0.881. The molecule has 1 aromatic rings. The van der Waals surface area contributed by atoms with Gasteiger partial charge in [0.05, 0.1) is 0 Å². The van der Waals surface area contributed by atoms with Gasteiger partial charge in [-0.05, 0) is 36.8 Å². The molecule has 2 heterocycles. The Morgan fingerprint density at radius 3 is 3.05 bits per heavy atom. The van der Waals surface area contributed by atoms with E-state index in [2.05, 4.69) is 11.4 Å². The molecule has 0 bridgehead atoms. The number of nitrogens with zero attached hydrogens (tertiary/aromatic N) is 1. The van der Waals surface area contributed by atoms with Gasteiger partial charge in [0.2, 0.25) is 5.91 Å². The number of likely N-dealkylation sites (tertiary alicyclic amines) is 1. The number of piperidine rings is 1. The van der Waals surface area contributed by atoms with E-state index in [-0.39, 0.29) is 18.6 Å². The highest BCUT2D eigenvalue weighted by atomic mass is 16.3. The molecule has 20 heavy (non-hydrogen) atoms. The van der Waals surface area contributed by atoms with Gasteiger partial charge in [0.15, 0.2) is 0 Å². The van der Waals surface area contributed by atoms with Crippen LogP contribution in [0.5, 0.6) is 0 Å². The topological polar surface area (TPSA) is 52.6 Å². The number of rotatable bonds is 3. The predicted octanol–water partition coefficient (Wildman–Crippen LogP) is 1.64. The number of para-hydroxylation sites is 1. The van der Waals surface area contributed by atoms with Crippen LogP contribution in [0.25, 0.3) is 0 Å². The minimum Gasteiger partial charge on any atom is -0.396 e. The van der Waals surface area contributed by atoms with Crippen molar-refractivity contribution >= 4 is 11.6 Å². The smallest absolute Gasteiger partial charge is 0.245 e. The standard InChI is InChI=1S/C16H22N2O2/c19-9-7-12-4-3-8-18(11-12)16(20)15-10-13-5-1-2-6-14(13)17-15/h1-2,5-6,12,15,17,19H,3-4,7-11H2/t12?,15-/m0/s1. The van der Waals surface area contributed by atoms with E-state index in [1.165, 1.54) is 5.56 Å². The molecule has 2 aliphatic heterocycles. The van der Waals surface area contributed by atoms with Gasteiger partial charge in [0, 0.05) is 31.8 Å². The number of hydrogen-bond donors (Lipinski definition) is 2. The monoisotopic (exact) mass is 274 g/mol. The number of carbonyl (C=O) groups excluding carboxylic acids is 1. The summed E-state index contributed by atoms with van der Waals surface area (Å²) in [7, 11) is 0. The van der Waals surface area contributed by atoms with E-state index in [1.807, 2.05) is 23.1 Å². The number of benzene rings is 1. The van der Waals surface area contributed by atoms with Crippen LogP contribution in [0.15, 0.2) is 24.3 Å². The van der Waals surface area contributed by atoms with E-state index in [9.17, 15) is 4.79 Å². The first-order valence-corrected chi connectivity index (χ1v) is 7.52. The lowest BCUT2D eigenvalue weighted by Gasteiger charge is -2.34. The first-order chi connectivity index (χ1) is 9.78. The number of aliphatic hydroxyl groups excluding tert-OH is 1. The Bertz CT molecular complexity index is 462. The molecule has 0 aliphatic carbocycles. The third-order valence-electron chi connectivity index (χ3n) is 4.44. The molecule has 2 N–H and O–H groups in total. The van der Waals surface area contributed by atoms with Gasteiger partial charge in [-0.3, -0.25) is 4.79 Å². The van der Waals surface area contributed by atoms with Crippen LogP contribution in [0.2, 0.25) is 0 Å². The molecule has 1 unspecified atom stereocenters. The molecular weight excluding hydrogens is 252 g/mol. The average molecular weight is 274 g/mol. The van der Waals surface area contributed by atoms with Crippen molar-refractivity contribution in [2.24, 2.45) is 5.92 Å². The SMILES string of the molecule is O=C([C@@H]1Cc2ccccc2N1)N1CCCC(CCO)C1. The van der Waals surface area contributed by atoms with Gasteiger partial charge in [0.25, 0.3) is 0 Å². The Hall–Kier alpha value is -1.55. The molecular formula is C16H22N2O2. The fourth-order valence-electron chi connectivity index (χ4n) is 3.35. The first-order valence-electron chi connectivity index (χ1n) is 7.52. The normalized spacial score (nSPS) is 25.1. The van der Waals surface area contributed by atoms with Crippen molar-refractivity contribution in [2.75, 3.05) is 25.0 Å². The van der Waals surface area contributed by atoms with Crippen molar-refractivity contribution in [2.45, 2.75) is 31.7 Å². The molecule has 0 saturated carbocycles. The minimum absolute atomic E-state index is 0.111. The van der Waals surface area contributed by atoms with Crippen molar-refractivity contribution in [3.8, 4) is 0 Å². The van der Waals surface area contributed by atoms with Crippen LogP contribution >= 0.6 is 0 Å². The van der Waals surface area contributed by atoms with Crippen LogP contribution in [0.4, 0.5) is 5.69 Å². The fourth-order valence-corrected chi connectivity index (χ4v) is 3.35. The molecule has 1 fully saturated rings. The number of fused-ring (bicyclic) bond motifs is 1. The van der Waals surface area contributed by atoms with E-state index >= 15 is 0 Å². The van der Waals surface area contributed by atoms with Gasteiger partial charge in [-0.25, -0.2) is 0 Å². The predicted molar refractivity (Wildman–Crippen MR) is 78.6 cm³/mol. The van der Waals surface area contributed by atoms with Gasteiger partial charge in [0.1, 0.15) is 6.04 Å². The van der Waals surface area contributed by atoms with Crippen LogP contribution in [0.3, 0.4) is 0 Å². The molecule has 0 radical (unpaired) electrons. The summed E-state index contributed by atoms with van der Waals surface area (Å²) in [4.78, 5) is 14.6. The lowest BCUT2D eigenvalue weighted by Crippen LogP contribution is -2.47. The van der Waals surface area contributed by atoms with Gasteiger partial charge in [-0.1, -0.05) is 18.2 Å². The average Bonchev–Trinajstić information content (AvgIpc) is 2.91. The molecule has 1 amide bonds. The summed E-state index contributed by atoms with van der Waals surface area (Å²) >= 11 is 0. The highest BCUT2D eigenvalue weighted by Gasteiger charge is 2.32. The number of aliphatic hydroxyl groups is 1. The Kier molecular flexibility index (Phi) is 3.92. The molecule has 4 heteroatoms. The molecule has 0 spiro atoms. The van der Waals surface area contributed by atoms with Crippen LogP contribution in [-0.4, -0.2) is 41.7 Å². The Labute approximate surface area is 119 Å². The lowest BCUT2D eigenvalue weighted by molar-refractivity contribution is -0.133. The molecule has 0 aromatic heterocycles. The molecule has 108 valence electrons. The van der Waals surface area contributed by atoms with Crippen molar-refractivity contribution in [3.63, 3.8) is 0 Å². The second-order valence-corrected chi connectivity index (χ2v) is 5.86. The maximum absolute atomic E-state index is 12.6. The van der Waals surface area contributed by atoms with Gasteiger partial charge in [-0.2, -0.15) is 0 Å². The van der Waals surface area contributed by atoms with Gasteiger partial charge >= 0.3 is 0 Å². The molecule has 2 aliphatic rings. The van der Waals surface area contributed by atoms with Crippen LogP contribution < -0.4 is 5.32 Å². The zero-order valence-electron chi connectivity index (χ0n) is 11.7. The van der Waals surface area contributed by atoms with Gasteiger partial charge in [-0.15, -0.1) is 0 Å². The summed E-state index contributed by atoms with van der Waals surface area (Å²) in [5.74, 6) is 0.672. The number of amides is 1. The van der Waals surface area contributed by atoms with Crippen LogP contribution in [0, 0.1) is 5.92 Å². The highest BCUT2D eigenvalue weighted by Crippen LogP contribution is 2.27. The maximum Gasteiger partial charge on any atom is 0.245 e. The Morgan fingerprint density at radius 1 is 1.40 bits per heavy atom. The second kappa shape index (κ2) is 5.83. The third kappa shape index (κ3) is 2.66. The molecule has 1 aromatic carbocycles. The second-order valence-electron chi connectivity index (χ2n) is 5.86. The highest BCUT2D eigenvalue weighted by molar-refractivity contribution is 5.87.